The lowest BCUT2D eigenvalue weighted by Gasteiger charge is -2.19. The molecule has 1 atom stereocenters. The van der Waals surface area contributed by atoms with Crippen LogP contribution in [0.3, 0.4) is 0 Å². The van der Waals surface area contributed by atoms with Crippen molar-refractivity contribution < 1.29 is 9.90 Å². The molecule has 0 radical (unpaired) electrons. The molecule has 1 unspecified atom stereocenters. The van der Waals surface area contributed by atoms with Crippen molar-refractivity contribution in [2.75, 3.05) is 0 Å². The van der Waals surface area contributed by atoms with Crippen molar-refractivity contribution in [3.8, 4) is 0 Å². The van der Waals surface area contributed by atoms with Crippen LogP contribution in [0.2, 0.25) is 0 Å². The number of hydrogen-bond donors (Lipinski definition) is 2. The highest BCUT2D eigenvalue weighted by Crippen LogP contribution is 2.21. The number of carbonyl (C=O) groups is 1. The number of carboxylic acid groups (broad SMARTS) is 1. The van der Waals surface area contributed by atoms with Gasteiger partial charge in [0, 0.05) is 12.1 Å². The van der Waals surface area contributed by atoms with Crippen LogP contribution in [0.1, 0.15) is 25.7 Å². The van der Waals surface area contributed by atoms with Crippen molar-refractivity contribution in [1.29, 1.82) is 0 Å². The first-order valence-corrected chi connectivity index (χ1v) is 4.53. The van der Waals surface area contributed by atoms with E-state index >= 15 is 0 Å². The van der Waals surface area contributed by atoms with Crippen LogP contribution in [0.5, 0.6) is 0 Å². The summed E-state index contributed by atoms with van der Waals surface area (Å²) < 4.78 is 0. The van der Waals surface area contributed by atoms with Gasteiger partial charge in [0.25, 0.3) is 0 Å². The Kier molecular flexibility index (Phi) is 3.71. The van der Waals surface area contributed by atoms with Crippen LogP contribution in [-0.2, 0) is 4.79 Å². The molecule has 0 saturated heterocycles. The molecule has 1 rings (SSSR count). The summed E-state index contributed by atoms with van der Waals surface area (Å²) in [5.74, 6) is -0.906. The SMILES string of the molecule is NC1CCC/C(=C\C=C\C(=O)O)C1. The van der Waals surface area contributed by atoms with Crippen LogP contribution in [0, 0.1) is 0 Å². The molecular formula is C10H15NO2. The van der Waals surface area contributed by atoms with Crippen LogP contribution < -0.4 is 5.73 Å². The molecule has 3 N–H and O–H groups in total. The molecule has 0 amide bonds. The molecule has 1 fully saturated rings. The maximum Gasteiger partial charge on any atom is 0.328 e. The maximum atomic E-state index is 10.2. The highest BCUT2D eigenvalue weighted by Gasteiger charge is 2.11. The molecule has 0 aliphatic heterocycles. The van der Waals surface area contributed by atoms with Crippen LogP contribution in [0.25, 0.3) is 0 Å². The van der Waals surface area contributed by atoms with Gasteiger partial charge in [-0.25, -0.2) is 4.79 Å². The third kappa shape index (κ3) is 3.90. The first-order chi connectivity index (χ1) is 6.18. The number of nitrogens with two attached hydrogens (primary N) is 1. The third-order valence-corrected chi connectivity index (χ3v) is 2.17. The normalized spacial score (nSPS) is 26.8. The molecule has 72 valence electrons. The third-order valence-electron chi connectivity index (χ3n) is 2.17. The largest absolute Gasteiger partial charge is 0.478 e. The summed E-state index contributed by atoms with van der Waals surface area (Å²) in [7, 11) is 0. The Hall–Kier alpha value is -1.09. The molecule has 0 bridgehead atoms. The highest BCUT2D eigenvalue weighted by molar-refractivity contribution is 5.80. The van der Waals surface area contributed by atoms with Gasteiger partial charge in [0.15, 0.2) is 0 Å². The molecule has 0 aromatic carbocycles. The second-order valence-corrected chi connectivity index (χ2v) is 3.38. The average molecular weight is 181 g/mol. The van der Waals surface area contributed by atoms with E-state index in [2.05, 4.69) is 0 Å². The van der Waals surface area contributed by atoms with E-state index in [0.717, 1.165) is 31.8 Å². The second-order valence-electron chi connectivity index (χ2n) is 3.38. The van der Waals surface area contributed by atoms with Gasteiger partial charge in [-0.05, 0) is 25.7 Å². The lowest BCUT2D eigenvalue weighted by Crippen LogP contribution is -2.23. The summed E-state index contributed by atoms with van der Waals surface area (Å²) >= 11 is 0. The van der Waals surface area contributed by atoms with Crippen molar-refractivity contribution in [1.82, 2.24) is 0 Å². The van der Waals surface area contributed by atoms with E-state index < -0.39 is 5.97 Å². The number of carboxylic acids is 1. The predicted molar refractivity (Wildman–Crippen MR) is 51.3 cm³/mol. The average Bonchev–Trinajstić information content (AvgIpc) is 2.03. The lowest BCUT2D eigenvalue weighted by molar-refractivity contribution is -0.131. The topological polar surface area (TPSA) is 63.3 Å². The van der Waals surface area contributed by atoms with Gasteiger partial charge in [0.05, 0.1) is 0 Å². The first kappa shape index (κ1) is 9.99. The fourth-order valence-electron chi connectivity index (χ4n) is 1.55. The van der Waals surface area contributed by atoms with Crippen molar-refractivity contribution >= 4 is 5.97 Å². The Labute approximate surface area is 77.9 Å². The van der Waals surface area contributed by atoms with Crippen molar-refractivity contribution in [2.45, 2.75) is 31.7 Å². The summed E-state index contributed by atoms with van der Waals surface area (Å²) in [5, 5.41) is 8.35. The van der Waals surface area contributed by atoms with E-state index in [4.69, 9.17) is 10.8 Å². The minimum atomic E-state index is -0.906. The van der Waals surface area contributed by atoms with Crippen molar-refractivity contribution in [2.24, 2.45) is 5.73 Å². The van der Waals surface area contributed by atoms with Gasteiger partial charge in [-0.3, -0.25) is 0 Å². The van der Waals surface area contributed by atoms with Crippen LogP contribution >= 0.6 is 0 Å². The number of aliphatic carboxylic acids is 1. The van der Waals surface area contributed by atoms with E-state index in [1.165, 1.54) is 5.57 Å². The second kappa shape index (κ2) is 4.82. The minimum absolute atomic E-state index is 0.262. The first-order valence-electron chi connectivity index (χ1n) is 4.53. The van der Waals surface area contributed by atoms with Gasteiger partial charge in [-0.2, -0.15) is 0 Å². The summed E-state index contributed by atoms with van der Waals surface area (Å²) in [6, 6.07) is 0.262. The van der Waals surface area contributed by atoms with Gasteiger partial charge in [0.2, 0.25) is 0 Å². The Bertz CT molecular complexity index is 243. The molecule has 13 heavy (non-hydrogen) atoms. The van der Waals surface area contributed by atoms with Gasteiger partial charge < -0.3 is 10.8 Å². The lowest BCUT2D eigenvalue weighted by atomic mass is 9.91. The van der Waals surface area contributed by atoms with Crippen molar-refractivity contribution in [3.63, 3.8) is 0 Å². The van der Waals surface area contributed by atoms with E-state index in [9.17, 15) is 4.79 Å². The fourth-order valence-corrected chi connectivity index (χ4v) is 1.55. The predicted octanol–water partition coefficient (Wildman–Crippen LogP) is 1.45. The molecule has 0 spiro atoms. The number of hydrogen-bond acceptors (Lipinski definition) is 2. The Morgan fingerprint density at radius 2 is 2.38 bits per heavy atom. The molecule has 1 aliphatic carbocycles. The van der Waals surface area contributed by atoms with Gasteiger partial charge >= 0.3 is 5.97 Å². The Balaban J connectivity index is 2.45. The van der Waals surface area contributed by atoms with E-state index in [1.807, 2.05) is 6.08 Å². The zero-order valence-electron chi connectivity index (χ0n) is 7.57. The molecule has 0 aromatic heterocycles. The van der Waals surface area contributed by atoms with Gasteiger partial charge in [-0.15, -0.1) is 0 Å². The highest BCUT2D eigenvalue weighted by atomic mass is 16.4. The minimum Gasteiger partial charge on any atom is -0.478 e. The van der Waals surface area contributed by atoms with E-state index in [0.29, 0.717) is 0 Å². The monoisotopic (exact) mass is 181 g/mol. The standard InChI is InChI=1S/C10H15NO2/c11-9-5-1-3-8(7-9)4-2-6-10(12)13/h2,4,6,9H,1,3,5,7,11H2,(H,12,13)/b6-2+,8-4+. The van der Waals surface area contributed by atoms with E-state index in [1.54, 1.807) is 6.08 Å². The molecule has 0 heterocycles. The van der Waals surface area contributed by atoms with Crippen LogP contribution in [0.4, 0.5) is 0 Å². The van der Waals surface area contributed by atoms with Crippen LogP contribution in [0.15, 0.2) is 23.8 Å². The Morgan fingerprint density at radius 1 is 1.62 bits per heavy atom. The molecule has 0 aromatic rings. The van der Waals surface area contributed by atoms with Gasteiger partial charge in [0.1, 0.15) is 0 Å². The summed E-state index contributed by atoms with van der Waals surface area (Å²) in [5.41, 5.74) is 7.04. The number of allylic oxidation sites excluding steroid dienone is 2. The molecule has 3 nitrogen and oxygen atoms in total. The maximum absolute atomic E-state index is 10.2. The molecular weight excluding hydrogens is 166 g/mol. The van der Waals surface area contributed by atoms with Gasteiger partial charge in [-0.1, -0.05) is 17.7 Å². The van der Waals surface area contributed by atoms with E-state index in [-0.39, 0.29) is 6.04 Å². The zero-order chi connectivity index (χ0) is 9.68. The van der Waals surface area contributed by atoms with Crippen LogP contribution in [-0.4, -0.2) is 17.1 Å². The molecule has 3 heteroatoms. The smallest absolute Gasteiger partial charge is 0.328 e. The quantitative estimate of drug-likeness (QED) is 0.634. The fraction of sp³-hybridized carbons (Fsp3) is 0.500. The summed E-state index contributed by atoms with van der Waals surface area (Å²) in [6.07, 6.45) is 8.76. The summed E-state index contributed by atoms with van der Waals surface area (Å²) in [6.45, 7) is 0. The summed E-state index contributed by atoms with van der Waals surface area (Å²) in [4.78, 5) is 10.2. The number of rotatable bonds is 2. The Morgan fingerprint density at radius 3 is 3.00 bits per heavy atom. The zero-order valence-corrected chi connectivity index (χ0v) is 7.57. The molecule has 1 saturated carbocycles. The van der Waals surface area contributed by atoms with Crippen molar-refractivity contribution in [3.05, 3.63) is 23.8 Å². The molecule has 1 aliphatic rings.